The number of fused-ring (bicyclic) bond motifs is 5. The number of rotatable bonds is 4. The number of pyridine rings is 1. The van der Waals surface area contributed by atoms with Crippen LogP contribution >= 0.6 is 24.0 Å². The molecule has 4 heterocycles. The first kappa shape index (κ1) is 21.4. The molecule has 3 saturated heterocycles. The summed E-state index contributed by atoms with van der Waals surface area (Å²) in [5, 5.41) is 3.53. The lowest BCUT2D eigenvalue weighted by atomic mass is 9.82. The maximum Gasteiger partial charge on any atom is 0.250 e. The number of nitrogens with one attached hydrogen (secondary N) is 1. The molecular formula is C23H29IN4O2. The molecule has 2 bridgehead atoms. The second kappa shape index (κ2) is 9.09. The Balaban J connectivity index is 0.00000218. The Labute approximate surface area is 194 Å². The van der Waals surface area contributed by atoms with Crippen LogP contribution in [0.1, 0.15) is 24.0 Å². The van der Waals surface area contributed by atoms with Crippen molar-refractivity contribution in [3.63, 3.8) is 0 Å². The van der Waals surface area contributed by atoms with Gasteiger partial charge in [-0.15, -0.1) is 24.0 Å². The van der Waals surface area contributed by atoms with Crippen molar-refractivity contribution in [3.8, 4) is 0 Å². The van der Waals surface area contributed by atoms with Crippen LogP contribution in [0.4, 0.5) is 0 Å². The summed E-state index contributed by atoms with van der Waals surface area (Å²) < 4.78 is 7.80. The third kappa shape index (κ3) is 4.14. The van der Waals surface area contributed by atoms with E-state index in [9.17, 15) is 4.79 Å². The van der Waals surface area contributed by atoms with Crippen LogP contribution in [-0.2, 0) is 17.8 Å². The molecule has 5 rings (SSSR count). The topological polar surface area (TPSA) is 58.9 Å². The fourth-order valence-corrected chi connectivity index (χ4v) is 5.20. The zero-order valence-electron chi connectivity index (χ0n) is 17.2. The Bertz CT molecular complexity index is 940. The van der Waals surface area contributed by atoms with Gasteiger partial charge in [-0.25, -0.2) is 0 Å². The van der Waals surface area contributed by atoms with Gasteiger partial charge < -0.3 is 19.5 Å². The average molecular weight is 520 g/mol. The average Bonchev–Trinajstić information content (AvgIpc) is 3.45. The van der Waals surface area contributed by atoms with Crippen LogP contribution < -0.4 is 10.9 Å². The summed E-state index contributed by atoms with van der Waals surface area (Å²) in [6, 6.07) is 13.7. The van der Waals surface area contributed by atoms with Crippen LogP contribution in [0.3, 0.4) is 0 Å². The third-order valence-electron chi connectivity index (χ3n) is 6.69. The molecule has 0 radical (unpaired) electrons. The molecule has 0 amide bonds. The van der Waals surface area contributed by atoms with Gasteiger partial charge in [-0.2, -0.15) is 0 Å². The van der Waals surface area contributed by atoms with Crippen LogP contribution in [0, 0.1) is 11.8 Å². The van der Waals surface area contributed by atoms with Crippen molar-refractivity contribution in [2.45, 2.75) is 38.1 Å². The SMILES string of the molecule is CN=C(NCc1ccc(Cn2ccccc2=O)cc1)N1CC2C3CCC(O3)C2C1.I. The van der Waals surface area contributed by atoms with E-state index < -0.39 is 0 Å². The molecule has 1 aromatic carbocycles. The van der Waals surface area contributed by atoms with E-state index in [1.807, 2.05) is 19.3 Å². The first-order valence-corrected chi connectivity index (χ1v) is 10.6. The predicted octanol–water partition coefficient (Wildman–Crippen LogP) is 2.70. The monoisotopic (exact) mass is 520 g/mol. The van der Waals surface area contributed by atoms with Crippen LogP contribution in [0.5, 0.6) is 0 Å². The molecule has 30 heavy (non-hydrogen) atoms. The second-order valence-electron chi connectivity index (χ2n) is 8.41. The molecule has 7 heteroatoms. The molecule has 1 N–H and O–H groups in total. The van der Waals surface area contributed by atoms with E-state index in [1.165, 1.54) is 18.4 Å². The molecule has 0 aliphatic carbocycles. The van der Waals surface area contributed by atoms with Crippen LogP contribution in [0.15, 0.2) is 58.4 Å². The lowest BCUT2D eigenvalue weighted by Crippen LogP contribution is -2.40. The van der Waals surface area contributed by atoms with Crippen LogP contribution in [-0.4, -0.2) is 47.8 Å². The highest BCUT2D eigenvalue weighted by molar-refractivity contribution is 14.0. The van der Waals surface area contributed by atoms with Gasteiger partial charge in [-0.1, -0.05) is 30.3 Å². The predicted molar refractivity (Wildman–Crippen MR) is 128 cm³/mol. The fraction of sp³-hybridized carbons (Fsp3) is 0.478. The minimum atomic E-state index is 0. The van der Waals surface area contributed by atoms with Gasteiger partial charge in [0.25, 0.3) is 5.56 Å². The number of likely N-dealkylation sites (tertiary alicyclic amines) is 1. The summed E-state index contributed by atoms with van der Waals surface area (Å²) >= 11 is 0. The number of hydrogen-bond donors (Lipinski definition) is 1. The van der Waals surface area contributed by atoms with Crippen LogP contribution in [0.25, 0.3) is 0 Å². The first-order chi connectivity index (χ1) is 14.2. The van der Waals surface area contributed by atoms with Gasteiger partial charge >= 0.3 is 0 Å². The number of aliphatic imine (C=N–C) groups is 1. The smallest absolute Gasteiger partial charge is 0.250 e. The van der Waals surface area contributed by atoms with Gasteiger partial charge in [0, 0.05) is 50.8 Å². The fourth-order valence-electron chi connectivity index (χ4n) is 5.20. The number of hydrogen-bond acceptors (Lipinski definition) is 3. The molecular weight excluding hydrogens is 491 g/mol. The number of halogens is 1. The largest absolute Gasteiger partial charge is 0.374 e. The van der Waals surface area contributed by atoms with E-state index in [2.05, 4.69) is 39.5 Å². The Morgan fingerprint density at radius 3 is 2.37 bits per heavy atom. The lowest BCUT2D eigenvalue weighted by molar-refractivity contribution is 0.0767. The Hall–Kier alpha value is -1.87. The molecule has 0 saturated carbocycles. The summed E-state index contributed by atoms with van der Waals surface area (Å²) in [6.07, 6.45) is 5.22. The summed E-state index contributed by atoms with van der Waals surface area (Å²) in [7, 11) is 1.86. The molecule has 4 unspecified atom stereocenters. The standard InChI is InChI=1S/C23H28N4O2.HI/c1-24-23(27-14-18-19(15-27)21-10-9-20(18)29-21)25-12-16-5-7-17(8-6-16)13-26-11-3-2-4-22(26)28;/h2-8,11,18-21H,9-10,12-15H2,1H3,(H,24,25);1H. The van der Waals surface area contributed by atoms with Crippen molar-refractivity contribution in [2.75, 3.05) is 20.1 Å². The lowest BCUT2D eigenvalue weighted by Gasteiger charge is -2.23. The highest BCUT2D eigenvalue weighted by Crippen LogP contribution is 2.47. The zero-order valence-corrected chi connectivity index (χ0v) is 19.6. The quantitative estimate of drug-likeness (QED) is 0.383. The molecule has 1 aromatic heterocycles. The van der Waals surface area contributed by atoms with E-state index in [1.54, 1.807) is 16.7 Å². The molecule has 160 valence electrons. The van der Waals surface area contributed by atoms with Gasteiger partial charge in [0.15, 0.2) is 5.96 Å². The van der Waals surface area contributed by atoms with Gasteiger partial charge in [0.05, 0.1) is 18.8 Å². The maximum atomic E-state index is 11.9. The molecule has 2 aromatic rings. The van der Waals surface area contributed by atoms with Crippen molar-refractivity contribution in [1.82, 2.24) is 14.8 Å². The Kier molecular flexibility index (Phi) is 6.48. The van der Waals surface area contributed by atoms with E-state index in [0.717, 1.165) is 31.2 Å². The van der Waals surface area contributed by atoms with Crippen molar-refractivity contribution < 1.29 is 4.74 Å². The molecule has 4 atom stereocenters. The molecule has 0 spiro atoms. The minimum Gasteiger partial charge on any atom is -0.374 e. The number of ether oxygens (including phenoxy) is 1. The van der Waals surface area contributed by atoms with Crippen molar-refractivity contribution in [1.29, 1.82) is 0 Å². The van der Waals surface area contributed by atoms with Gasteiger partial charge in [-0.05, 0) is 30.0 Å². The summed E-state index contributed by atoms with van der Waals surface area (Å²) in [5.74, 6) is 2.33. The maximum absolute atomic E-state index is 11.9. The summed E-state index contributed by atoms with van der Waals surface area (Å²) in [5.41, 5.74) is 2.35. The van der Waals surface area contributed by atoms with E-state index in [4.69, 9.17) is 4.74 Å². The Morgan fingerprint density at radius 2 is 1.73 bits per heavy atom. The second-order valence-corrected chi connectivity index (χ2v) is 8.41. The molecule has 6 nitrogen and oxygen atoms in total. The molecule has 3 aliphatic heterocycles. The van der Waals surface area contributed by atoms with Crippen molar-refractivity contribution in [3.05, 3.63) is 70.1 Å². The number of guanidine groups is 1. The van der Waals surface area contributed by atoms with Crippen molar-refractivity contribution in [2.24, 2.45) is 16.8 Å². The van der Waals surface area contributed by atoms with Gasteiger partial charge in [0.2, 0.25) is 0 Å². The normalized spacial score (nSPS) is 27.1. The molecule has 3 fully saturated rings. The third-order valence-corrected chi connectivity index (χ3v) is 6.69. The Morgan fingerprint density at radius 1 is 1.07 bits per heavy atom. The minimum absolute atomic E-state index is 0. The number of benzene rings is 1. The highest BCUT2D eigenvalue weighted by Gasteiger charge is 2.53. The van der Waals surface area contributed by atoms with E-state index in [0.29, 0.717) is 30.6 Å². The molecule has 3 aliphatic rings. The summed E-state index contributed by atoms with van der Waals surface area (Å²) in [6.45, 7) is 3.44. The van der Waals surface area contributed by atoms with E-state index >= 15 is 0 Å². The highest BCUT2D eigenvalue weighted by atomic mass is 127. The van der Waals surface area contributed by atoms with E-state index in [-0.39, 0.29) is 29.5 Å². The van der Waals surface area contributed by atoms with Crippen LogP contribution in [0.2, 0.25) is 0 Å². The number of nitrogens with zero attached hydrogens (tertiary/aromatic N) is 3. The summed E-state index contributed by atoms with van der Waals surface area (Å²) in [4.78, 5) is 18.8. The first-order valence-electron chi connectivity index (χ1n) is 10.6. The van der Waals surface area contributed by atoms with Crippen molar-refractivity contribution >= 4 is 29.9 Å². The number of aromatic nitrogens is 1. The van der Waals surface area contributed by atoms with Gasteiger partial charge in [0.1, 0.15) is 0 Å². The zero-order chi connectivity index (χ0) is 19.8. The van der Waals surface area contributed by atoms with Gasteiger partial charge in [-0.3, -0.25) is 9.79 Å².